The summed E-state index contributed by atoms with van der Waals surface area (Å²) in [7, 11) is 0. The van der Waals surface area contributed by atoms with Crippen molar-refractivity contribution in [3.8, 4) is 0 Å². The van der Waals surface area contributed by atoms with Gasteiger partial charge in [-0.15, -0.1) is 0 Å². The zero-order valence-corrected chi connectivity index (χ0v) is 31.2. The molecule has 52 heavy (non-hydrogen) atoms. The normalized spacial score (nSPS) is 58.9. The van der Waals surface area contributed by atoms with Crippen LogP contribution in [0.1, 0.15) is 86.0 Å². The first-order chi connectivity index (χ1) is 24.6. The second kappa shape index (κ2) is 13.7. The minimum absolute atomic E-state index is 0.101. The zero-order valence-electron chi connectivity index (χ0n) is 31.2. The van der Waals surface area contributed by atoms with Crippen molar-refractivity contribution in [3.05, 3.63) is 11.6 Å². The molecule has 0 aromatic carbocycles. The van der Waals surface area contributed by atoms with Crippen LogP contribution in [-0.2, 0) is 28.4 Å². The molecule has 4 saturated heterocycles. The fourth-order valence-electron chi connectivity index (χ4n) is 12.6. The van der Waals surface area contributed by atoms with E-state index < -0.39 is 91.4 Å². The van der Waals surface area contributed by atoms with Crippen LogP contribution >= 0.6 is 0 Å². The van der Waals surface area contributed by atoms with Crippen LogP contribution in [0.3, 0.4) is 0 Å². The molecule has 0 aromatic rings. The van der Waals surface area contributed by atoms with Crippen molar-refractivity contribution in [1.29, 1.82) is 0 Å². The van der Waals surface area contributed by atoms with Crippen molar-refractivity contribution in [3.63, 3.8) is 0 Å². The zero-order chi connectivity index (χ0) is 37.1. The Hall–Kier alpha value is -0.780. The Morgan fingerprint density at radius 2 is 1.60 bits per heavy atom. The predicted octanol–water partition coefficient (Wildman–Crippen LogP) is 1.36. The maximum Gasteiger partial charge on any atom is 0.187 e. The first-order valence-corrected chi connectivity index (χ1v) is 19.9. The number of hydrogen-bond acceptors (Lipinski definition) is 13. The van der Waals surface area contributed by atoms with Gasteiger partial charge in [-0.3, -0.25) is 0 Å². The molecule has 3 saturated carbocycles. The monoisotopic (exact) mass is 738 g/mol. The topological polar surface area (TPSA) is 197 Å². The molecule has 13 heteroatoms. The van der Waals surface area contributed by atoms with Crippen LogP contribution < -0.4 is 0 Å². The van der Waals surface area contributed by atoms with Gasteiger partial charge in [0, 0.05) is 24.2 Å². The van der Waals surface area contributed by atoms with E-state index in [0.717, 1.165) is 50.7 Å². The van der Waals surface area contributed by atoms with E-state index >= 15 is 0 Å². The Morgan fingerprint density at radius 1 is 0.827 bits per heavy atom. The molecule has 4 aliphatic carbocycles. The standard InChI is InChI=1S/C39H62O13/c1-17-8-11-39(47-16-17)18(2)28-25(52-39)14-24-22-7-6-20-12-21(41)13-27(38(20,5)23(22)9-10-37(24,28)4)50-36-34(32(45)30(43)26(15-40)49-36)51-35-33(46)31(44)29(42)19(3)48-35/h6,17-19,21-36,40-46H,7-16H2,1-5H3/t17-,18+,19-,21+,22-,23+,24-,25+,26-,27-,28+,29+,30+,31-,32-,33-,34-,35+,36-,37+,38+,39-/m1/s1. The highest BCUT2D eigenvalue weighted by Gasteiger charge is 2.69. The van der Waals surface area contributed by atoms with Crippen molar-refractivity contribution in [2.75, 3.05) is 13.2 Å². The summed E-state index contributed by atoms with van der Waals surface area (Å²) in [6.45, 7) is 11.0. The van der Waals surface area contributed by atoms with Gasteiger partial charge < -0.3 is 64.2 Å². The first kappa shape index (κ1) is 38.1. The Morgan fingerprint density at radius 3 is 2.31 bits per heavy atom. The summed E-state index contributed by atoms with van der Waals surface area (Å²) in [6, 6.07) is 0. The molecule has 0 aromatic heterocycles. The van der Waals surface area contributed by atoms with Crippen molar-refractivity contribution in [2.24, 2.45) is 46.3 Å². The number of rotatable bonds is 5. The number of fused-ring (bicyclic) bond motifs is 7. The number of allylic oxidation sites excluding steroid dienone is 1. The maximum absolute atomic E-state index is 11.3. The lowest BCUT2D eigenvalue weighted by Gasteiger charge is -2.60. The molecule has 0 amide bonds. The average molecular weight is 739 g/mol. The van der Waals surface area contributed by atoms with Gasteiger partial charge in [0.1, 0.15) is 42.7 Å². The first-order valence-electron chi connectivity index (χ1n) is 19.9. The third-order valence-corrected chi connectivity index (χ3v) is 15.6. The third-order valence-electron chi connectivity index (χ3n) is 15.6. The molecule has 1 spiro atoms. The largest absolute Gasteiger partial charge is 0.394 e. The van der Waals surface area contributed by atoms with Gasteiger partial charge in [-0.2, -0.15) is 0 Å². The third kappa shape index (κ3) is 5.74. The van der Waals surface area contributed by atoms with Gasteiger partial charge in [0.2, 0.25) is 0 Å². The summed E-state index contributed by atoms with van der Waals surface area (Å²) in [6.07, 6.45) is -5.95. The van der Waals surface area contributed by atoms with Crippen molar-refractivity contribution in [2.45, 2.75) is 171 Å². The van der Waals surface area contributed by atoms with Crippen LogP contribution in [0.25, 0.3) is 0 Å². The van der Waals surface area contributed by atoms with Gasteiger partial charge in [-0.1, -0.05) is 39.3 Å². The summed E-state index contributed by atoms with van der Waals surface area (Å²) in [5.41, 5.74) is 0.762. The van der Waals surface area contributed by atoms with E-state index in [4.69, 9.17) is 28.4 Å². The molecule has 22 atom stereocenters. The summed E-state index contributed by atoms with van der Waals surface area (Å²) in [5.74, 6) is 1.86. The van der Waals surface area contributed by atoms with Gasteiger partial charge in [-0.05, 0) is 80.5 Å². The molecule has 4 aliphatic heterocycles. The molecule has 13 nitrogen and oxygen atoms in total. The lowest BCUT2D eigenvalue weighted by Crippen LogP contribution is -2.65. The number of aliphatic hydroxyl groups is 7. The Kier molecular flexibility index (Phi) is 10.0. The smallest absolute Gasteiger partial charge is 0.187 e. The van der Waals surface area contributed by atoms with Crippen LogP contribution in [0.15, 0.2) is 11.6 Å². The molecule has 7 N–H and O–H groups in total. The van der Waals surface area contributed by atoms with Gasteiger partial charge in [0.25, 0.3) is 0 Å². The molecule has 296 valence electrons. The van der Waals surface area contributed by atoms with Gasteiger partial charge in [-0.25, -0.2) is 0 Å². The van der Waals surface area contributed by atoms with Crippen LogP contribution in [0.5, 0.6) is 0 Å². The molecular formula is C39H62O13. The molecule has 0 bridgehead atoms. The Balaban J connectivity index is 1.06. The van der Waals surface area contributed by atoms with E-state index in [9.17, 15) is 35.7 Å². The van der Waals surface area contributed by atoms with E-state index in [1.54, 1.807) is 0 Å². The van der Waals surface area contributed by atoms with Crippen LogP contribution in [-0.4, -0.2) is 134 Å². The highest BCUT2D eigenvalue weighted by Crippen LogP contribution is 2.71. The molecule has 8 rings (SSSR count). The van der Waals surface area contributed by atoms with Crippen LogP contribution in [0, 0.1) is 46.3 Å². The highest BCUT2D eigenvalue weighted by atomic mass is 16.8. The van der Waals surface area contributed by atoms with Crippen molar-refractivity contribution in [1.82, 2.24) is 0 Å². The summed E-state index contributed by atoms with van der Waals surface area (Å²) in [5, 5.41) is 74.9. The minimum Gasteiger partial charge on any atom is -0.394 e. The second-order valence-corrected chi connectivity index (χ2v) is 18.3. The minimum atomic E-state index is -1.66. The number of aliphatic hydroxyl groups excluding tert-OH is 7. The van der Waals surface area contributed by atoms with E-state index in [0.29, 0.717) is 42.4 Å². The maximum atomic E-state index is 11.3. The van der Waals surface area contributed by atoms with E-state index in [2.05, 4.69) is 33.8 Å². The fraction of sp³-hybridized carbons (Fsp3) is 0.949. The van der Waals surface area contributed by atoms with Crippen molar-refractivity contribution < 1.29 is 64.2 Å². The molecule has 7 fully saturated rings. The fourth-order valence-corrected chi connectivity index (χ4v) is 12.6. The predicted molar refractivity (Wildman–Crippen MR) is 183 cm³/mol. The second-order valence-electron chi connectivity index (χ2n) is 18.3. The van der Waals surface area contributed by atoms with E-state index in [1.165, 1.54) is 6.92 Å². The Labute approximate surface area is 306 Å². The van der Waals surface area contributed by atoms with Gasteiger partial charge in [0.15, 0.2) is 18.4 Å². The molecule has 0 unspecified atom stereocenters. The lowest BCUT2D eigenvalue weighted by molar-refractivity contribution is -0.374. The average Bonchev–Trinajstić information content (AvgIpc) is 3.56. The quantitative estimate of drug-likeness (QED) is 0.200. The summed E-state index contributed by atoms with van der Waals surface area (Å²) >= 11 is 0. The Bertz CT molecular complexity index is 1340. The van der Waals surface area contributed by atoms with Gasteiger partial charge in [0.05, 0.1) is 37.6 Å². The number of hydrogen-bond donors (Lipinski definition) is 7. The summed E-state index contributed by atoms with van der Waals surface area (Å²) in [4.78, 5) is 0. The van der Waals surface area contributed by atoms with Crippen LogP contribution in [0.4, 0.5) is 0 Å². The van der Waals surface area contributed by atoms with Gasteiger partial charge >= 0.3 is 0 Å². The molecule has 4 heterocycles. The molecule has 8 aliphatic rings. The SMILES string of the molecule is C[C@@H]1CC[C@@]2(OC1)O[C@H]1C[C@@H]3[C@@H]4CC=C5C[C@H](O)C[C@@H](O[C@H]6O[C@H](CO)[C@H](O)[C@@H](O)[C@H]6O[C@@H]6O[C@H](C)[C@H](O)[C@@H](O)[C@H]6O)[C@]5(C)[C@H]4CC[C@]3(C)[C@H]1[C@@H]2C. The highest BCUT2D eigenvalue weighted by molar-refractivity contribution is 5.29. The summed E-state index contributed by atoms with van der Waals surface area (Å²) < 4.78 is 38.2. The van der Waals surface area contributed by atoms with E-state index in [-0.39, 0.29) is 17.4 Å². The van der Waals surface area contributed by atoms with E-state index in [1.807, 2.05) is 0 Å². The molecule has 0 radical (unpaired) electrons. The lowest BCUT2D eigenvalue weighted by atomic mass is 9.46. The molecular weight excluding hydrogens is 676 g/mol. The van der Waals surface area contributed by atoms with Crippen molar-refractivity contribution >= 4 is 0 Å². The van der Waals surface area contributed by atoms with Crippen LogP contribution in [0.2, 0.25) is 0 Å². The number of ether oxygens (including phenoxy) is 6.